The Morgan fingerprint density at radius 2 is 0.783 bits per heavy atom. The molecule has 0 radical (unpaired) electrons. The summed E-state index contributed by atoms with van der Waals surface area (Å²) in [5.74, 6) is 0.644. The van der Waals surface area contributed by atoms with Crippen LogP contribution in [0.5, 0.6) is 11.5 Å². The molecule has 0 amide bonds. The molecular weight excluding hydrogens is 840 g/mol. The molecule has 2 rings (SSSR count). The van der Waals surface area contributed by atoms with Crippen molar-refractivity contribution in [3.8, 4) is 11.5 Å². The van der Waals surface area contributed by atoms with Gasteiger partial charge in [-0.25, -0.2) is 0 Å². The van der Waals surface area contributed by atoms with Gasteiger partial charge in [0.1, 0.15) is 11.5 Å². The molecule has 8 nitrogen and oxygen atoms in total. The Balaban J connectivity index is -0.000000238. The second kappa shape index (κ2) is 19.5. The quantitative estimate of drug-likeness (QED) is 0.350. The molecule has 2 aromatic rings. The van der Waals surface area contributed by atoms with E-state index in [9.17, 15) is 0 Å². The second-order valence-corrected chi connectivity index (χ2v) is 6.01. The minimum atomic E-state index is -4.28. The molecule has 23 heavy (non-hydrogen) atoms. The van der Waals surface area contributed by atoms with Crippen LogP contribution in [0.15, 0.2) is 60.7 Å². The Labute approximate surface area is 165 Å². The van der Waals surface area contributed by atoms with Crippen LogP contribution < -0.4 is 7.52 Å². The first-order valence-electron chi connectivity index (χ1n) is 5.27. The van der Waals surface area contributed by atoms with Crippen molar-refractivity contribution >= 4 is 0 Å². The third-order valence-corrected chi connectivity index (χ3v) is 1.51. The van der Waals surface area contributed by atoms with Crippen molar-refractivity contribution in [1.29, 1.82) is 0 Å². The minimum absolute atomic E-state index is 0. The van der Waals surface area contributed by atoms with E-state index in [-0.39, 0.29) is 27.7 Å². The van der Waals surface area contributed by atoms with Gasteiger partial charge < -0.3 is 10.2 Å². The Morgan fingerprint density at radius 1 is 0.609 bits per heavy atom. The molecule has 0 atom stereocenters. The molecule has 0 aliphatic heterocycles. The maximum absolute atomic E-state index is 8.63. The predicted molar refractivity (Wildman–Crippen MR) is 59.0 cm³/mol. The SMILES string of the molecule is Oc1ccccc1.Oc1ccccc1.[Hg+2].[O]=[W](=[O])[O-].[O]=[W](=[O])[O-]. The van der Waals surface area contributed by atoms with Crippen molar-refractivity contribution in [3.63, 3.8) is 0 Å². The Hall–Kier alpha value is -0.528. The van der Waals surface area contributed by atoms with Crippen molar-refractivity contribution in [1.82, 2.24) is 0 Å². The fraction of sp³-hybridized carbons (Fsp3) is 0. The molecule has 0 aliphatic carbocycles. The van der Waals surface area contributed by atoms with Gasteiger partial charge in [0.15, 0.2) is 0 Å². The molecule has 11 heteroatoms. The molecule has 0 aromatic heterocycles. The number of phenols is 2. The second-order valence-electron chi connectivity index (χ2n) is 3.08. The van der Waals surface area contributed by atoms with Gasteiger partial charge >= 0.3 is 84.0 Å². The summed E-state index contributed by atoms with van der Waals surface area (Å²) >= 11 is -8.56. The summed E-state index contributed by atoms with van der Waals surface area (Å²) in [6, 6.07) is 17.4. The molecule has 122 valence electrons. The molecule has 0 unspecified atom stereocenters. The first-order chi connectivity index (χ1) is 10.3. The third kappa shape index (κ3) is 34.0. The molecule has 0 aliphatic rings. The number of para-hydroxylation sites is 2. The van der Waals surface area contributed by atoms with Crippen LogP contribution in [-0.4, -0.2) is 10.2 Å². The van der Waals surface area contributed by atoms with Crippen LogP contribution in [-0.2, 0) is 76.5 Å². The summed E-state index contributed by atoms with van der Waals surface area (Å²) < 4.78 is 51.7. The van der Waals surface area contributed by atoms with Crippen LogP contribution in [0.2, 0.25) is 0 Å². The molecule has 0 heterocycles. The van der Waals surface area contributed by atoms with Gasteiger partial charge in [0.2, 0.25) is 0 Å². The first-order valence-corrected chi connectivity index (χ1v) is 12.5. The molecule has 2 N–H and O–H groups in total. The van der Waals surface area contributed by atoms with Gasteiger partial charge in [-0.3, -0.25) is 0 Å². The van der Waals surface area contributed by atoms with E-state index in [0.29, 0.717) is 11.5 Å². The number of aromatic hydroxyl groups is 2. The van der Waals surface area contributed by atoms with Crippen LogP contribution in [0.3, 0.4) is 0 Å². The molecule has 0 saturated carbocycles. The fourth-order valence-electron chi connectivity index (χ4n) is 0.856. The first kappa shape index (κ1) is 27.3. The van der Waals surface area contributed by atoms with Gasteiger partial charge in [0, 0.05) is 0 Å². The van der Waals surface area contributed by atoms with E-state index in [4.69, 9.17) is 31.3 Å². The summed E-state index contributed by atoms with van der Waals surface area (Å²) in [5.41, 5.74) is 0. The summed E-state index contributed by atoms with van der Waals surface area (Å²) in [7, 11) is 0. The molecule has 0 fully saturated rings. The topological polar surface area (TPSA) is 155 Å². The van der Waals surface area contributed by atoms with E-state index >= 15 is 0 Å². The standard InChI is InChI=1S/2C6H6O.Hg.6O.2W/c2*7-6-4-2-1-3-5-6;;;;;;;;;/h2*1-5,7H;;;;;;;;;/q;;+2;;;;;2*-1;;. The Bertz CT molecular complexity index is 557. The van der Waals surface area contributed by atoms with Crippen LogP contribution in [0.1, 0.15) is 0 Å². The van der Waals surface area contributed by atoms with E-state index in [2.05, 4.69) is 0 Å². The fourth-order valence-corrected chi connectivity index (χ4v) is 0.856. The van der Waals surface area contributed by atoms with E-state index in [1.165, 1.54) is 0 Å². The van der Waals surface area contributed by atoms with Gasteiger partial charge in [-0.2, -0.15) is 0 Å². The monoisotopic (exact) mass is 854 g/mol. The summed E-state index contributed by atoms with van der Waals surface area (Å²) in [4.78, 5) is 0. The number of rotatable bonds is 0. The Morgan fingerprint density at radius 3 is 0.870 bits per heavy atom. The molecule has 0 bridgehead atoms. The van der Waals surface area contributed by atoms with Gasteiger partial charge in [-0.15, -0.1) is 0 Å². The molecule has 2 aromatic carbocycles. The Kier molecular flexibility index (Phi) is 23.2. The molecule has 0 spiro atoms. The van der Waals surface area contributed by atoms with E-state index < -0.39 is 35.2 Å². The van der Waals surface area contributed by atoms with Crippen LogP contribution in [0.4, 0.5) is 0 Å². The van der Waals surface area contributed by atoms with E-state index in [0.717, 1.165) is 0 Å². The molecular formula is C12H12HgO8W2. The zero-order valence-corrected chi connectivity index (χ0v) is 23.0. The number of hydrogen-bond acceptors (Lipinski definition) is 8. The average molecular weight is 852 g/mol. The number of phenolic OH excluding ortho intramolecular Hbond substituents is 2. The van der Waals surface area contributed by atoms with Crippen molar-refractivity contribution in [3.05, 3.63) is 60.7 Å². The predicted octanol–water partition coefficient (Wildman–Crippen LogP) is -0.0763. The van der Waals surface area contributed by atoms with Crippen LogP contribution in [0, 0.1) is 0 Å². The zero-order valence-electron chi connectivity index (χ0n) is 11.6. The zero-order chi connectivity index (χ0) is 17.4. The maximum atomic E-state index is 8.63. The number of hydrogen-bond donors (Lipinski definition) is 2. The van der Waals surface area contributed by atoms with Crippen molar-refractivity contribution in [2.24, 2.45) is 0 Å². The molecule has 0 saturated heterocycles. The van der Waals surface area contributed by atoms with Crippen molar-refractivity contribution in [2.75, 3.05) is 0 Å². The summed E-state index contributed by atoms with van der Waals surface area (Å²) in [6.45, 7) is 0. The van der Waals surface area contributed by atoms with Crippen molar-refractivity contribution in [2.45, 2.75) is 0 Å². The summed E-state index contributed by atoms with van der Waals surface area (Å²) in [5, 5.41) is 17.3. The van der Waals surface area contributed by atoms with Crippen molar-refractivity contribution < 1.29 is 94.2 Å². The van der Waals surface area contributed by atoms with Gasteiger partial charge in [0.05, 0.1) is 0 Å². The third-order valence-electron chi connectivity index (χ3n) is 1.51. The van der Waals surface area contributed by atoms with Gasteiger partial charge in [-0.05, 0) is 24.3 Å². The summed E-state index contributed by atoms with van der Waals surface area (Å²) in [6.07, 6.45) is 0. The van der Waals surface area contributed by atoms with E-state index in [1.807, 2.05) is 12.1 Å². The van der Waals surface area contributed by atoms with Crippen LogP contribution >= 0.6 is 0 Å². The normalized spacial score (nSPS) is 7.39. The average Bonchev–Trinajstić information content (AvgIpc) is 2.40. The van der Waals surface area contributed by atoms with Gasteiger partial charge in [-0.1, -0.05) is 36.4 Å². The van der Waals surface area contributed by atoms with E-state index in [1.54, 1.807) is 48.5 Å². The van der Waals surface area contributed by atoms with Gasteiger partial charge in [0.25, 0.3) is 0 Å². The number of benzene rings is 2. The van der Waals surface area contributed by atoms with Crippen LogP contribution in [0.25, 0.3) is 0 Å².